The van der Waals surface area contributed by atoms with Crippen LogP contribution in [0.15, 0.2) is 18.2 Å². The van der Waals surface area contributed by atoms with Gasteiger partial charge in [0.25, 0.3) is 0 Å². The third-order valence-corrected chi connectivity index (χ3v) is 3.47. The van der Waals surface area contributed by atoms with E-state index in [0.29, 0.717) is 12.2 Å². The van der Waals surface area contributed by atoms with E-state index >= 15 is 0 Å². The van der Waals surface area contributed by atoms with Crippen LogP contribution < -0.4 is 4.74 Å². The number of fused-ring (bicyclic) bond motifs is 1. The Kier molecular flexibility index (Phi) is 3.64. The van der Waals surface area contributed by atoms with Crippen molar-refractivity contribution in [2.45, 2.75) is 45.8 Å². The average Bonchev–Trinajstić information content (AvgIpc) is 2.35. The van der Waals surface area contributed by atoms with Gasteiger partial charge in [-0.2, -0.15) is 0 Å². The molecular weight excluding hydrogens is 228 g/mol. The fourth-order valence-electron chi connectivity index (χ4n) is 2.29. The summed E-state index contributed by atoms with van der Waals surface area (Å²) in [4.78, 5) is 0. The highest BCUT2D eigenvalue weighted by Crippen LogP contribution is 2.37. The summed E-state index contributed by atoms with van der Waals surface area (Å²) in [6.45, 7) is 6.42. The Morgan fingerprint density at radius 3 is 2.61 bits per heavy atom. The van der Waals surface area contributed by atoms with Gasteiger partial charge in [0.05, 0.1) is 12.7 Å². The van der Waals surface area contributed by atoms with Gasteiger partial charge in [-0.05, 0) is 23.8 Å². The zero-order valence-electron chi connectivity index (χ0n) is 11.3. The molecule has 0 saturated carbocycles. The minimum Gasteiger partial charge on any atom is -0.493 e. The second kappa shape index (κ2) is 4.90. The molecule has 0 spiro atoms. The molecule has 0 fully saturated rings. The third-order valence-electron chi connectivity index (χ3n) is 3.47. The Labute approximate surface area is 108 Å². The molecule has 1 aliphatic rings. The van der Waals surface area contributed by atoms with Crippen molar-refractivity contribution in [2.24, 2.45) is 5.41 Å². The minimum atomic E-state index is -0.905. The van der Waals surface area contributed by atoms with E-state index in [1.165, 1.54) is 0 Å². The summed E-state index contributed by atoms with van der Waals surface area (Å²) in [6, 6.07) is 5.78. The van der Waals surface area contributed by atoms with Gasteiger partial charge in [-0.25, -0.2) is 0 Å². The SMILES string of the molecule is CC(C)(C)C(O)C(O)c1cccc2c1OCCC2. The zero-order valence-corrected chi connectivity index (χ0v) is 11.3. The molecule has 2 atom stereocenters. The minimum absolute atomic E-state index is 0.364. The first-order valence-corrected chi connectivity index (χ1v) is 6.52. The molecule has 1 aromatic rings. The fraction of sp³-hybridized carbons (Fsp3) is 0.600. The maximum Gasteiger partial charge on any atom is 0.128 e. The van der Waals surface area contributed by atoms with Crippen molar-refractivity contribution in [1.82, 2.24) is 0 Å². The molecule has 0 radical (unpaired) electrons. The van der Waals surface area contributed by atoms with Gasteiger partial charge < -0.3 is 14.9 Å². The molecule has 0 bridgehead atoms. The summed E-state index contributed by atoms with van der Waals surface area (Å²) >= 11 is 0. The Morgan fingerprint density at radius 1 is 1.22 bits per heavy atom. The highest BCUT2D eigenvalue weighted by Gasteiger charge is 2.32. The summed E-state index contributed by atoms with van der Waals surface area (Å²) in [5, 5.41) is 20.6. The molecule has 0 aliphatic carbocycles. The maximum atomic E-state index is 10.4. The number of aliphatic hydroxyl groups is 2. The zero-order chi connectivity index (χ0) is 13.3. The van der Waals surface area contributed by atoms with Crippen LogP contribution in [0.5, 0.6) is 5.75 Å². The first-order valence-electron chi connectivity index (χ1n) is 6.52. The van der Waals surface area contributed by atoms with Gasteiger partial charge in [0, 0.05) is 5.56 Å². The highest BCUT2D eigenvalue weighted by molar-refractivity contribution is 5.44. The number of aliphatic hydroxyl groups excluding tert-OH is 2. The molecule has 1 aliphatic heterocycles. The van der Waals surface area contributed by atoms with Crippen LogP contribution in [0.1, 0.15) is 44.4 Å². The molecule has 1 heterocycles. The van der Waals surface area contributed by atoms with Crippen LogP contribution in [0.25, 0.3) is 0 Å². The lowest BCUT2D eigenvalue weighted by molar-refractivity contribution is -0.0469. The molecule has 0 amide bonds. The number of aryl methyl sites for hydroxylation is 1. The van der Waals surface area contributed by atoms with E-state index in [1.807, 2.05) is 39.0 Å². The molecule has 0 aromatic heterocycles. The number of para-hydroxylation sites is 1. The number of benzene rings is 1. The third kappa shape index (κ3) is 2.52. The Balaban J connectivity index is 2.33. The second-order valence-corrected chi connectivity index (χ2v) is 6.04. The normalized spacial score (nSPS) is 18.7. The van der Waals surface area contributed by atoms with Gasteiger partial charge in [0.1, 0.15) is 11.9 Å². The van der Waals surface area contributed by atoms with Crippen LogP contribution in [0, 0.1) is 5.41 Å². The average molecular weight is 250 g/mol. The summed E-state index contributed by atoms with van der Waals surface area (Å²) in [6.07, 6.45) is 0.267. The summed E-state index contributed by atoms with van der Waals surface area (Å²) in [5.41, 5.74) is 1.46. The van der Waals surface area contributed by atoms with Gasteiger partial charge >= 0.3 is 0 Å². The fourth-order valence-corrected chi connectivity index (χ4v) is 2.29. The molecule has 1 aromatic carbocycles. The van der Waals surface area contributed by atoms with Crippen LogP contribution in [0.2, 0.25) is 0 Å². The van der Waals surface area contributed by atoms with Crippen LogP contribution >= 0.6 is 0 Å². The van der Waals surface area contributed by atoms with Crippen molar-refractivity contribution in [3.8, 4) is 5.75 Å². The number of ether oxygens (including phenoxy) is 1. The van der Waals surface area contributed by atoms with Crippen molar-refractivity contribution in [2.75, 3.05) is 6.61 Å². The number of rotatable bonds is 2. The van der Waals surface area contributed by atoms with E-state index < -0.39 is 12.2 Å². The molecule has 2 unspecified atom stereocenters. The van der Waals surface area contributed by atoms with Crippen LogP contribution in [-0.4, -0.2) is 22.9 Å². The molecular formula is C15H22O3. The van der Waals surface area contributed by atoms with E-state index in [-0.39, 0.29) is 5.41 Å². The second-order valence-electron chi connectivity index (χ2n) is 6.04. The van der Waals surface area contributed by atoms with E-state index in [9.17, 15) is 10.2 Å². The van der Waals surface area contributed by atoms with Gasteiger partial charge in [0.15, 0.2) is 0 Å². The Hall–Kier alpha value is -1.06. The van der Waals surface area contributed by atoms with E-state index in [0.717, 1.165) is 24.2 Å². The maximum absolute atomic E-state index is 10.4. The summed E-state index contributed by atoms with van der Waals surface area (Å²) < 4.78 is 5.67. The van der Waals surface area contributed by atoms with Crippen molar-refractivity contribution in [3.05, 3.63) is 29.3 Å². The lowest BCUT2D eigenvalue weighted by Gasteiger charge is -2.32. The molecule has 18 heavy (non-hydrogen) atoms. The van der Waals surface area contributed by atoms with E-state index in [1.54, 1.807) is 0 Å². The summed E-state index contributed by atoms with van der Waals surface area (Å²) in [5.74, 6) is 0.763. The van der Waals surface area contributed by atoms with Crippen molar-refractivity contribution in [1.29, 1.82) is 0 Å². The smallest absolute Gasteiger partial charge is 0.128 e. The standard InChI is InChI=1S/C15H22O3/c1-15(2,3)14(17)12(16)11-8-4-6-10-7-5-9-18-13(10)11/h4,6,8,12,14,16-17H,5,7,9H2,1-3H3. The number of hydrogen-bond donors (Lipinski definition) is 2. The largest absolute Gasteiger partial charge is 0.493 e. The molecule has 3 nitrogen and oxygen atoms in total. The van der Waals surface area contributed by atoms with Crippen LogP contribution in [0.4, 0.5) is 0 Å². The van der Waals surface area contributed by atoms with Gasteiger partial charge in [0.2, 0.25) is 0 Å². The van der Waals surface area contributed by atoms with Crippen LogP contribution in [0.3, 0.4) is 0 Å². The lowest BCUT2D eigenvalue weighted by Crippen LogP contribution is -2.32. The van der Waals surface area contributed by atoms with Crippen molar-refractivity contribution < 1.29 is 14.9 Å². The van der Waals surface area contributed by atoms with Crippen LogP contribution in [-0.2, 0) is 6.42 Å². The predicted molar refractivity (Wildman–Crippen MR) is 70.7 cm³/mol. The molecule has 0 saturated heterocycles. The molecule has 2 rings (SSSR count). The van der Waals surface area contributed by atoms with Crippen molar-refractivity contribution >= 4 is 0 Å². The van der Waals surface area contributed by atoms with Gasteiger partial charge in [-0.15, -0.1) is 0 Å². The first-order chi connectivity index (χ1) is 8.41. The monoisotopic (exact) mass is 250 g/mol. The summed E-state index contributed by atoms with van der Waals surface area (Å²) in [7, 11) is 0. The quantitative estimate of drug-likeness (QED) is 0.847. The molecule has 100 valence electrons. The van der Waals surface area contributed by atoms with Gasteiger partial charge in [-0.3, -0.25) is 0 Å². The first kappa shape index (κ1) is 13.4. The molecule has 3 heteroatoms. The Morgan fingerprint density at radius 2 is 1.94 bits per heavy atom. The van der Waals surface area contributed by atoms with E-state index in [4.69, 9.17) is 4.74 Å². The lowest BCUT2D eigenvalue weighted by atomic mass is 9.83. The topological polar surface area (TPSA) is 49.7 Å². The van der Waals surface area contributed by atoms with Crippen molar-refractivity contribution in [3.63, 3.8) is 0 Å². The Bertz CT molecular complexity index is 420. The highest BCUT2D eigenvalue weighted by atomic mass is 16.5. The van der Waals surface area contributed by atoms with E-state index in [2.05, 4.69) is 0 Å². The molecule has 2 N–H and O–H groups in total. The van der Waals surface area contributed by atoms with Gasteiger partial charge in [-0.1, -0.05) is 39.0 Å². The number of hydrogen-bond acceptors (Lipinski definition) is 3. The predicted octanol–water partition coefficient (Wildman–Crippen LogP) is 2.45.